The topological polar surface area (TPSA) is 75.4 Å². The van der Waals surface area contributed by atoms with Gasteiger partial charge < -0.3 is 10.2 Å². The van der Waals surface area contributed by atoms with Crippen LogP contribution in [0.5, 0.6) is 0 Å². The number of sulfonamides is 1. The second-order valence-electron chi connectivity index (χ2n) is 5.66. The lowest BCUT2D eigenvalue weighted by Crippen LogP contribution is -2.43. The Morgan fingerprint density at radius 3 is 2.56 bits per heavy atom. The van der Waals surface area contributed by atoms with Crippen LogP contribution in [-0.4, -0.2) is 51.8 Å². The highest BCUT2D eigenvalue weighted by Crippen LogP contribution is 2.29. The predicted molar refractivity (Wildman–Crippen MR) is 72.7 cm³/mol. The van der Waals surface area contributed by atoms with Gasteiger partial charge >= 0.3 is 0 Å². The molecule has 0 aliphatic carbocycles. The Balaban J connectivity index is 1.80. The van der Waals surface area contributed by atoms with Crippen molar-refractivity contribution in [3.05, 3.63) is 0 Å². The Labute approximate surface area is 110 Å². The second kappa shape index (κ2) is 6.32. The van der Waals surface area contributed by atoms with Crippen LogP contribution in [0.4, 0.5) is 0 Å². The third-order valence-corrected chi connectivity index (χ3v) is 5.04. The van der Waals surface area contributed by atoms with E-state index in [1.807, 2.05) is 0 Å². The lowest BCUT2D eigenvalue weighted by Gasteiger charge is -2.38. The van der Waals surface area contributed by atoms with E-state index in [0.29, 0.717) is 6.54 Å². The van der Waals surface area contributed by atoms with Crippen molar-refractivity contribution in [2.24, 2.45) is 17.0 Å². The summed E-state index contributed by atoms with van der Waals surface area (Å²) in [5.41, 5.74) is 0. The number of primary sulfonamides is 1. The predicted octanol–water partition coefficient (Wildman–Crippen LogP) is -0.0135. The first-order valence-corrected chi connectivity index (χ1v) is 8.70. The minimum absolute atomic E-state index is 0.0892. The molecule has 0 aromatic carbocycles. The molecule has 2 saturated heterocycles. The number of piperidine rings is 2. The molecule has 6 heteroatoms. The van der Waals surface area contributed by atoms with Crippen molar-refractivity contribution in [2.75, 3.05) is 38.5 Å². The van der Waals surface area contributed by atoms with Crippen molar-refractivity contribution in [2.45, 2.75) is 25.7 Å². The van der Waals surface area contributed by atoms with Gasteiger partial charge in [-0.2, -0.15) is 0 Å². The van der Waals surface area contributed by atoms with Gasteiger partial charge in [0.25, 0.3) is 0 Å². The average Bonchev–Trinajstić information content (AvgIpc) is 2.37. The highest BCUT2D eigenvalue weighted by atomic mass is 32.2. The zero-order valence-electron chi connectivity index (χ0n) is 11.0. The fourth-order valence-corrected chi connectivity index (χ4v) is 3.76. The first-order chi connectivity index (χ1) is 8.54. The third kappa shape index (κ3) is 4.50. The van der Waals surface area contributed by atoms with E-state index in [0.717, 1.165) is 38.0 Å². The van der Waals surface area contributed by atoms with E-state index in [-0.39, 0.29) is 5.75 Å². The molecule has 0 amide bonds. The molecule has 0 spiro atoms. The van der Waals surface area contributed by atoms with E-state index in [4.69, 9.17) is 5.14 Å². The molecule has 1 atom stereocenters. The number of hydrogen-bond donors (Lipinski definition) is 2. The van der Waals surface area contributed by atoms with E-state index in [1.54, 1.807) is 0 Å². The SMILES string of the molecule is NS(=O)(=O)CCN1CCC[C@H](C2CCNCC2)C1. The largest absolute Gasteiger partial charge is 0.317 e. The van der Waals surface area contributed by atoms with E-state index >= 15 is 0 Å². The van der Waals surface area contributed by atoms with Crippen molar-refractivity contribution in [3.8, 4) is 0 Å². The number of rotatable bonds is 4. The number of likely N-dealkylation sites (tertiary alicyclic amines) is 1. The summed E-state index contributed by atoms with van der Waals surface area (Å²) in [5.74, 6) is 1.66. The smallest absolute Gasteiger partial charge is 0.210 e. The average molecular weight is 275 g/mol. The van der Waals surface area contributed by atoms with Crippen molar-refractivity contribution < 1.29 is 8.42 Å². The van der Waals surface area contributed by atoms with Gasteiger partial charge in [0.15, 0.2) is 0 Å². The summed E-state index contributed by atoms with van der Waals surface area (Å²) in [6, 6.07) is 0. The summed E-state index contributed by atoms with van der Waals surface area (Å²) in [4.78, 5) is 2.28. The monoisotopic (exact) mass is 275 g/mol. The Morgan fingerprint density at radius 2 is 1.89 bits per heavy atom. The first-order valence-electron chi connectivity index (χ1n) is 6.98. The molecule has 106 valence electrons. The van der Waals surface area contributed by atoms with E-state index in [1.165, 1.54) is 25.7 Å². The zero-order chi connectivity index (χ0) is 13.0. The van der Waals surface area contributed by atoms with Gasteiger partial charge in [0.05, 0.1) is 5.75 Å². The maximum absolute atomic E-state index is 11.0. The molecule has 0 saturated carbocycles. The van der Waals surface area contributed by atoms with E-state index in [2.05, 4.69) is 10.2 Å². The molecule has 2 aliphatic rings. The van der Waals surface area contributed by atoms with Crippen molar-refractivity contribution in [3.63, 3.8) is 0 Å². The van der Waals surface area contributed by atoms with E-state index < -0.39 is 10.0 Å². The van der Waals surface area contributed by atoms with Crippen LogP contribution in [0, 0.1) is 11.8 Å². The van der Waals surface area contributed by atoms with Gasteiger partial charge in [-0.05, 0) is 57.2 Å². The van der Waals surface area contributed by atoms with Gasteiger partial charge in [0.1, 0.15) is 0 Å². The first kappa shape index (κ1) is 14.2. The maximum atomic E-state index is 11.0. The summed E-state index contributed by atoms with van der Waals surface area (Å²) in [6.07, 6.45) is 5.04. The quantitative estimate of drug-likeness (QED) is 0.756. The lowest BCUT2D eigenvalue weighted by atomic mass is 9.80. The van der Waals surface area contributed by atoms with Crippen molar-refractivity contribution in [1.29, 1.82) is 0 Å². The maximum Gasteiger partial charge on any atom is 0.210 e. The minimum atomic E-state index is -3.32. The molecule has 2 rings (SSSR count). The van der Waals surface area contributed by atoms with E-state index in [9.17, 15) is 8.42 Å². The fourth-order valence-electron chi connectivity index (χ4n) is 3.25. The fraction of sp³-hybridized carbons (Fsp3) is 1.00. The number of hydrogen-bond acceptors (Lipinski definition) is 4. The van der Waals surface area contributed by atoms with Gasteiger partial charge in [-0.3, -0.25) is 0 Å². The summed E-state index contributed by atoms with van der Waals surface area (Å²) in [7, 11) is -3.32. The van der Waals surface area contributed by atoms with Crippen LogP contribution in [0.15, 0.2) is 0 Å². The Hall–Kier alpha value is -0.170. The summed E-state index contributed by atoms with van der Waals surface area (Å²) >= 11 is 0. The molecule has 0 bridgehead atoms. The van der Waals surface area contributed by atoms with Gasteiger partial charge in [0.2, 0.25) is 10.0 Å². The van der Waals surface area contributed by atoms with Gasteiger partial charge in [-0.25, -0.2) is 13.6 Å². The number of nitrogens with one attached hydrogen (secondary N) is 1. The third-order valence-electron chi connectivity index (χ3n) is 4.28. The van der Waals surface area contributed by atoms with Crippen LogP contribution in [0.2, 0.25) is 0 Å². The Kier molecular flexibility index (Phi) is 5.00. The molecule has 18 heavy (non-hydrogen) atoms. The lowest BCUT2D eigenvalue weighted by molar-refractivity contribution is 0.123. The molecular formula is C12H25N3O2S. The molecule has 2 aliphatic heterocycles. The van der Waals surface area contributed by atoms with Crippen molar-refractivity contribution in [1.82, 2.24) is 10.2 Å². The Morgan fingerprint density at radius 1 is 1.17 bits per heavy atom. The summed E-state index contributed by atoms with van der Waals surface area (Å²) in [6.45, 7) is 4.95. The van der Waals surface area contributed by atoms with Crippen LogP contribution in [0.3, 0.4) is 0 Å². The normalized spacial score (nSPS) is 28.4. The minimum Gasteiger partial charge on any atom is -0.317 e. The molecule has 3 N–H and O–H groups in total. The number of nitrogens with zero attached hydrogens (tertiary/aromatic N) is 1. The molecule has 2 fully saturated rings. The van der Waals surface area contributed by atoms with Gasteiger partial charge in [0, 0.05) is 13.1 Å². The second-order valence-corrected chi connectivity index (χ2v) is 7.39. The van der Waals surface area contributed by atoms with Gasteiger partial charge in [-0.15, -0.1) is 0 Å². The summed E-state index contributed by atoms with van der Waals surface area (Å²) < 4.78 is 22.0. The van der Waals surface area contributed by atoms with Gasteiger partial charge in [-0.1, -0.05) is 0 Å². The highest BCUT2D eigenvalue weighted by molar-refractivity contribution is 7.89. The standard InChI is InChI=1S/C12H25N3O2S/c13-18(16,17)9-8-15-7-1-2-12(10-15)11-3-5-14-6-4-11/h11-12,14H,1-10H2,(H2,13,16,17)/t12-/m0/s1. The van der Waals surface area contributed by atoms with Crippen molar-refractivity contribution >= 4 is 10.0 Å². The molecule has 5 nitrogen and oxygen atoms in total. The molecule has 0 unspecified atom stereocenters. The molecular weight excluding hydrogens is 250 g/mol. The van der Waals surface area contributed by atoms with Crippen LogP contribution < -0.4 is 10.5 Å². The van der Waals surface area contributed by atoms with Crippen LogP contribution in [0.25, 0.3) is 0 Å². The van der Waals surface area contributed by atoms with Crippen LogP contribution in [0.1, 0.15) is 25.7 Å². The number of nitrogens with two attached hydrogens (primary N) is 1. The van der Waals surface area contributed by atoms with Crippen LogP contribution >= 0.6 is 0 Å². The molecule has 0 aromatic rings. The molecule has 0 radical (unpaired) electrons. The molecule has 2 heterocycles. The molecule has 0 aromatic heterocycles. The Bertz CT molecular complexity index is 352. The zero-order valence-corrected chi connectivity index (χ0v) is 11.8. The highest BCUT2D eigenvalue weighted by Gasteiger charge is 2.28. The summed E-state index contributed by atoms with van der Waals surface area (Å²) in [5, 5.41) is 8.47. The van der Waals surface area contributed by atoms with Crippen LogP contribution in [-0.2, 0) is 10.0 Å².